The third-order valence-electron chi connectivity index (χ3n) is 14.0. The molecule has 2 heterocycles. The minimum Gasteiger partial charge on any atom is -1.00 e. The van der Waals surface area contributed by atoms with E-state index in [1.807, 2.05) is 70.3 Å². The first-order valence-electron chi connectivity index (χ1n) is 21.5. The van der Waals surface area contributed by atoms with Gasteiger partial charge in [-0.15, -0.1) is 0 Å². The average Bonchev–Trinajstić information content (AvgIpc) is 3.85. The van der Waals surface area contributed by atoms with Gasteiger partial charge in [0.1, 0.15) is 17.4 Å². The van der Waals surface area contributed by atoms with Crippen LogP contribution in [0.2, 0.25) is 0 Å². The number of aromatic nitrogens is 4. The van der Waals surface area contributed by atoms with E-state index in [4.69, 9.17) is 0 Å². The minimum atomic E-state index is -0.366. The monoisotopic (exact) mass is 853 g/mol. The number of hydrogen-bond donors (Lipinski definition) is 1. The van der Waals surface area contributed by atoms with Gasteiger partial charge < -0.3 is 6.53 Å². The predicted molar refractivity (Wildman–Crippen MR) is 246 cm³/mol. The molecule has 0 bridgehead atoms. The Morgan fingerprint density at radius 1 is 0.714 bits per heavy atom. The molecular formula is C53H57BF2N4NaO2. The molecule has 2 fully saturated rings. The molecule has 0 aliphatic heterocycles. The fraction of sp³-hybridized carbons (Fsp3) is 0.340. The van der Waals surface area contributed by atoms with Gasteiger partial charge in [0.2, 0.25) is 0 Å². The van der Waals surface area contributed by atoms with Gasteiger partial charge in [0.25, 0.3) is 0 Å². The summed E-state index contributed by atoms with van der Waals surface area (Å²) in [6.07, 6.45) is 17.1. The smallest absolute Gasteiger partial charge is 1.00 e. The molecule has 6 nitrogen and oxygen atoms in total. The van der Waals surface area contributed by atoms with Crippen molar-refractivity contribution in [1.29, 1.82) is 0 Å². The van der Waals surface area contributed by atoms with E-state index in [9.17, 15) is 18.7 Å². The van der Waals surface area contributed by atoms with E-state index in [1.165, 1.54) is 46.5 Å². The molecule has 0 amide bonds. The van der Waals surface area contributed by atoms with Crippen LogP contribution in [0.3, 0.4) is 0 Å². The maximum absolute atomic E-state index is 13.3. The topological polar surface area (TPSA) is 72.9 Å². The second kappa shape index (κ2) is 20.0. The zero-order valence-corrected chi connectivity index (χ0v) is 38.0. The van der Waals surface area contributed by atoms with E-state index in [0.29, 0.717) is 18.6 Å². The van der Waals surface area contributed by atoms with Crippen molar-refractivity contribution in [2.75, 3.05) is 0 Å². The summed E-state index contributed by atoms with van der Waals surface area (Å²) in [7, 11) is 0. The van der Waals surface area contributed by atoms with Crippen LogP contribution in [0.1, 0.15) is 94.9 Å². The van der Waals surface area contributed by atoms with Crippen LogP contribution in [0, 0.1) is 34.3 Å². The van der Waals surface area contributed by atoms with Crippen LogP contribution in [0.25, 0.3) is 23.5 Å². The van der Waals surface area contributed by atoms with Gasteiger partial charge in [-0.2, -0.15) is 10.2 Å². The van der Waals surface area contributed by atoms with Crippen molar-refractivity contribution in [3.8, 4) is 11.4 Å². The average molecular weight is 854 g/mol. The van der Waals surface area contributed by atoms with Crippen molar-refractivity contribution < 1.29 is 49.7 Å². The summed E-state index contributed by atoms with van der Waals surface area (Å²) in [6, 6.07) is 33.2. The number of rotatable bonds is 8. The van der Waals surface area contributed by atoms with Gasteiger partial charge in [-0.25, -0.2) is 18.1 Å². The molecule has 6 aromatic rings. The Kier molecular flexibility index (Phi) is 15.2. The first-order chi connectivity index (χ1) is 29.1. The van der Waals surface area contributed by atoms with Gasteiger partial charge >= 0.3 is 29.6 Å². The Hall–Kier alpha value is -4.67. The molecule has 2 saturated carbocycles. The van der Waals surface area contributed by atoms with Gasteiger partial charge in [0.15, 0.2) is 0 Å². The van der Waals surface area contributed by atoms with E-state index in [2.05, 4.69) is 48.3 Å². The quantitative estimate of drug-likeness (QED) is 0.157. The summed E-state index contributed by atoms with van der Waals surface area (Å²) < 4.78 is 30.5. The fourth-order valence-electron chi connectivity index (χ4n) is 10.7. The molecule has 4 aromatic carbocycles. The number of aliphatic hydroxyl groups excluding tert-OH is 1. The number of carbonyl (C=O) groups is 1. The summed E-state index contributed by atoms with van der Waals surface area (Å²) >= 11 is 0. The second-order valence-electron chi connectivity index (χ2n) is 17.7. The Bertz CT molecular complexity index is 2560. The normalized spacial score (nSPS) is 22.2. The van der Waals surface area contributed by atoms with Crippen molar-refractivity contribution in [2.45, 2.75) is 91.6 Å². The van der Waals surface area contributed by atoms with Crippen LogP contribution in [-0.2, 0) is 30.5 Å². The molecule has 0 saturated heterocycles. The largest absolute Gasteiger partial charge is 1.00 e. The number of nitrogens with zero attached hydrogens (tertiary/aromatic N) is 4. The van der Waals surface area contributed by atoms with Gasteiger partial charge in [0, 0.05) is 26.2 Å². The van der Waals surface area contributed by atoms with Crippen LogP contribution in [0.15, 0.2) is 133 Å². The van der Waals surface area contributed by atoms with Crippen molar-refractivity contribution in [3.05, 3.63) is 178 Å². The molecule has 4 aliphatic carbocycles. The van der Waals surface area contributed by atoms with E-state index < -0.39 is 0 Å². The predicted octanol–water partition coefficient (Wildman–Crippen LogP) is 8.30. The summed E-state index contributed by atoms with van der Waals surface area (Å²) in [6.45, 7) is 4.57. The molecule has 63 heavy (non-hydrogen) atoms. The van der Waals surface area contributed by atoms with Gasteiger partial charge in [-0.1, -0.05) is 93.1 Å². The van der Waals surface area contributed by atoms with Gasteiger partial charge in [0.05, 0.1) is 41.3 Å². The number of hydrogen-bond acceptors (Lipinski definition) is 4. The SMILES string of the molecule is C.C[C@]12Cc3cnn(-c4ccc(F)cc4)c3C=C1CCC[C@@H]2C(=O)Cc1ccccc1.C[C@]12Cc3cnn(-c4ccc(F)cc4)c3C=C1CCC[C@@H]2[C@H](O)Cc1ccccc1.[B].[H-].[Na+]. The summed E-state index contributed by atoms with van der Waals surface area (Å²) in [5, 5.41) is 20.4. The van der Waals surface area contributed by atoms with Crippen LogP contribution < -0.4 is 29.6 Å². The van der Waals surface area contributed by atoms with Crippen LogP contribution >= 0.6 is 0 Å². The molecule has 1 N–H and O–H groups in total. The van der Waals surface area contributed by atoms with E-state index in [1.54, 1.807) is 24.3 Å². The first-order valence-corrected chi connectivity index (χ1v) is 21.5. The first kappa shape index (κ1) is 47.8. The van der Waals surface area contributed by atoms with Crippen molar-refractivity contribution >= 4 is 26.3 Å². The fourth-order valence-corrected chi connectivity index (χ4v) is 10.7. The molecule has 3 radical (unpaired) electrons. The van der Waals surface area contributed by atoms with E-state index in [-0.39, 0.29) is 87.2 Å². The molecule has 2 aromatic heterocycles. The third kappa shape index (κ3) is 9.59. The number of ketones is 1. The van der Waals surface area contributed by atoms with Crippen LogP contribution in [-0.4, -0.2) is 45.0 Å². The molecule has 0 unspecified atom stereocenters. The number of allylic oxidation sites excluding steroid dienone is 2. The van der Waals surface area contributed by atoms with E-state index in [0.717, 1.165) is 85.3 Å². The number of carbonyl (C=O) groups excluding carboxylic acids is 1. The molecule has 0 spiro atoms. The summed E-state index contributed by atoms with van der Waals surface area (Å²) in [4.78, 5) is 13.3. The van der Waals surface area contributed by atoms with Crippen molar-refractivity contribution in [1.82, 2.24) is 19.6 Å². The molecular weight excluding hydrogens is 796 g/mol. The minimum absolute atomic E-state index is 0. The Morgan fingerprint density at radius 2 is 1.17 bits per heavy atom. The van der Waals surface area contributed by atoms with E-state index >= 15 is 0 Å². The molecule has 4 aliphatic rings. The third-order valence-corrected chi connectivity index (χ3v) is 14.0. The number of benzene rings is 4. The maximum atomic E-state index is 13.3. The van der Waals surface area contributed by atoms with Crippen LogP contribution in [0.5, 0.6) is 0 Å². The summed E-state index contributed by atoms with van der Waals surface area (Å²) in [5.41, 5.74) is 11.0. The Labute approximate surface area is 396 Å². The Balaban J connectivity index is 0.000000227. The zero-order chi connectivity index (χ0) is 41.4. The Morgan fingerprint density at radius 3 is 1.70 bits per heavy atom. The number of Topliss-reactive ketones (excluding diaryl/α,β-unsaturated/α-hetero) is 1. The molecule has 5 atom stereocenters. The number of halogens is 2. The van der Waals surface area contributed by atoms with Gasteiger partial charge in [-0.05, 0) is 152 Å². The summed E-state index contributed by atoms with van der Waals surface area (Å²) in [5.74, 6) is 0.0923. The van der Waals surface area contributed by atoms with Crippen molar-refractivity contribution in [2.24, 2.45) is 22.7 Å². The zero-order valence-electron chi connectivity index (χ0n) is 37.0. The molecule has 319 valence electrons. The van der Waals surface area contributed by atoms with Crippen molar-refractivity contribution in [3.63, 3.8) is 0 Å². The number of aliphatic hydroxyl groups is 1. The number of fused-ring (bicyclic) bond motifs is 4. The van der Waals surface area contributed by atoms with Crippen LogP contribution in [0.4, 0.5) is 8.78 Å². The second-order valence-corrected chi connectivity index (χ2v) is 17.7. The molecule has 10 heteroatoms. The standard InChI is InChI=1S/C26H27FN2O.C26H25FN2O.CH4.B.Na.H/c2*1-26-16-19-17-28-29(22-12-10-21(27)11-13-22)24(19)15-20(26)8-5-9-23(26)25(30)14-18-6-3-2-4-7-18;;;;/h2-4,6-7,10-13,15,17,23,25,30H,5,8-9,14,16H2,1H3;2-4,6-7,10-13,15,17,23H,5,8-9,14,16H2,1H3;1H4;;;/q;;;;+1;-1/t23-,25-,26+;23-,26+;;;;/m11..../s1. The molecule has 10 rings (SSSR count). The van der Waals surface area contributed by atoms with Gasteiger partial charge in [-0.3, -0.25) is 4.79 Å². The maximum Gasteiger partial charge on any atom is 1.00 e.